The monoisotopic (exact) mass is 321 g/mol. The van der Waals surface area contributed by atoms with Crippen LogP contribution in [-0.2, 0) is 9.53 Å². The van der Waals surface area contributed by atoms with Gasteiger partial charge in [0.15, 0.2) is 0 Å². The predicted molar refractivity (Wildman–Crippen MR) is 90.0 cm³/mol. The van der Waals surface area contributed by atoms with Gasteiger partial charge in [0.2, 0.25) is 0 Å². The minimum absolute atomic E-state index is 0.346. The van der Waals surface area contributed by atoms with E-state index in [4.69, 9.17) is 9.94 Å². The van der Waals surface area contributed by atoms with E-state index in [0.717, 1.165) is 50.9 Å². The van der Waals surface area contributed by atoms with Crippen LogP contribution in [0.1, 0.15) is 44.9 Å². The quantitative estimate of drug-likeness (QED) is 0.207. The first-order valence-electron chi connectivity index (χ1n) is 8.21. The Morgan fingerprint density at radius 1 is 1.13 bits per heavy atom. The van der Waals surface area contributed by atoms with Gasteiger partial charge in [-0.3, -0.25) is 4.79 Å². The third-order valence-electron chi connectivity index (χ3n) is 3.67. The van der Waals surface area contributed by atoms with Crippen LogP contribution in [0.4, 0.5) is 0 Å². The molecule has 0 aliphatic rings. The lowest BCUT2D eigenvalue weighted by Gasteiger charge is -2.09. The van der Waals surface area contributed by atoms with Crippen molar-refractivity contribution in [3.8, 4) is 5.75 Å². The van der Waals surface area contributed by atoms with Gasteiger partial charge in [0, 0.05) is 0 Å². The second-order valence-corrected chi connectivity index (χ2v) is 5.47. The first-order chi connectivity index (χ1) is 11.3. The first-order valence-corrected chi connectivity index (χ1v) is 8.21. The fourth-order valence-electron chi connectivity index (χ4n) is 2.37. The van der Waals surface area contributed by atoms with Gasteiger partial charge in [0.1, 0.15) is 5.75 Å². The summed E-state index contributed by atoms with van der Waals surface area (Å²) in [5, 5.41) is 11.5. The normalized spacial score (nSPS) is 12.2. The molecule has 0 spiro atoms. The molecular formula is C18H27NO4. The Balaban J connectivity index is 1.97. The molecule has 1 aromatic carbocycles. The lowest BCUT2D eigenvalue weighted by molar-refractivity contribution is -0.143. The Labute approximate surface area is 138 Å². The molecule has 0 heterocycles. The highest BCUT2D eigenvalue weighted by molar-refractivity contribution is 5.89. The van der Waals surface area contributed by atoms with Crippen molar-refractivity contribution in [1.82, 2.24) is 0 Å². The zero-order valence-electron chi connectivity index (χ0n) is 13.8. The van der Waals surface area contributed by atoms with Crippen LogP contribution < -0.4 is 4.74 Å². The highest BCUT2D eigenvalue weighted by atomic mass is 16.5. The van der Waals surface area contributed by atoms with E-state index in [2.05, 4.69) is 9.89 Å². The Morgan fingerprint density at radius 2 is 1.78 bits per heavy atom. The van der Waals surface area contributed by atoms with Crippen LogP contribution >= 0.6 is 0 Å². The van der Waals surface area contributed by atoms with Gasteiger partial charge in [-0.15, -0.1) is 5.16 Å². The second-order valence-electron chi connectivity index (χ2n) is 5.47. The third-order valence-corrected chi connectivity index (χ3v) is 3.67. The van der Waals surface area contributed by atoms with E-state index < -0.39 is 5.92 Å². The maximum Gasteiger partial charge on any atom is 0.314 e. The summed E-state index contributed by atoms with van der Waals surface area (Å²) >= 11 is 0. The van der Waals surface area contributed by atoms with Crippen LogP contribution in [0.25, 0.3) is 0 Å². The molecular weight excluding hydrogens is 294 g/mol. The molecule has 0 aliphatic carbocycles. The lowest BCUT2D eigenvalue weighted by atomic mass is 10.0. The molecule has 5 nitrogen and oxygen atoms in total. The molecule has 0 radical (unpaired) electrons. The van der Waals surface area contributed by atoms with Crippen molar-refractivity contribution < 1.29 is 19.5 Å². The van der Waals surface area contributed by atoms with E-state index in [-0.39, 0.29) is 5.97 Å². The number of hydrogen-bond acceptors (Lipinski definition) is 5. The number of ether oxygens (including phenoxy) is 2. The summed E-state index contributed by atoms with van der Waals surface area (Å²) in [6.45, 7) is 0.751. The molecule has 1 rings (SSSR count). The molecule has 23 heavy (non-hydrogen) atoms. The summed E-state index contributed by atoms with van der Waals surface area (Å²) in [4.78, 5) is 11.4. The van der Waals surface area contributed by atoms with Gasteiger partial charge in [-0.2, -0.15) is 0 Å². The number of carbonyl (C=O) groups excluding carboxylic acids is 1. The van der Waals surface area contributed by atoms with Gasteiger partial charge in [-0.25, -0.2) is 0 Å². The largest absolute Gasteiger partial charge is 0.494 e. The van der Waals surface area contributed by atoms with E-state index in [0.29, 0.717) is 6.42 Å². The van der Waals surface area contributed by atoms with Gasteiger partial charge in [0.25, 0.3) is 0 Å². The fraction of sp³-hybridized carbons (Fsp3) is 0.556. The molecule has 0 aromatic heterocycles. The number of methoxy groups -OCH3 is 1. The summed E-state index contributed by atoms with van der Waals surface area (Å²) in [6, 6.07) is 9.85. The van der Waals surface area contributed by atoms with Crippen LogP contribution in [0.3, 0.4) is 0 Å². The molecule has 0 aliphatic heterocycles. The van der Waals surface area contributed by atoms with Crippen LogP contribution in [0, 0.1) is 5.92 Å². The van der Waals surface area contributed by atoms with E-state index in [9.17, 15) is 4.79 Å². The van der Waals surface area contributed by atoms with Crippen LogP contribution in [0.5, 0.6) is 5.75 Å². The lowest BCUT2D eigenvalue weighted by Crippen LogP contribution is -2.17. The van der Waals surface area contributed by atoms with Gasteiger partial charge in [0.05, 0.1) is 25.8 Å². The zero-order valence-corrected chi connectivity index (χ0v) is 13.8. The summed E-state index contributed by atoms with van der Waals surface area (Å²) in [7, 11) is 1.35. The van der Waals surface area contributed by atoms with Crippen LogP contribution in [0.15, 0.2) is 35.5 Å². The van der Waals surface area contributed by atoms with Gasteiger partial charge in [-0.1, -0.05) is 50.3 Å². The third kappa shape index (κ3) is 8.86. The zero-order chi connectivity index (χ0) is 16.8. The number of rotatable bonds is 12. The van der Waals surface area contributed by atoms with Crippen LogP contribution in [-0.4, -0.2) is 31.1 Å². The molecule has 0 amide bonds. The molecule has 0 saturated heterocycles. The van der Waals surface area contributed by atoms with E-state index in [1.807, 2.05) is 30.3 Å². The Bertz CT molecular complexity index is 448. The molecule has 1 aromatic rings. The fourth-order valence-corrected chi connectivity index (χ4v) is 2.37. The smallest absolute Gasteiger partial charge is 0.314 e. The molecule has 0 fully saturated rings. The number of oxime groups is 1. The SMILES string of the molecule is COC(=O)C(/C=N\O)CCCCCCCCOc1ccccc1. The maximum absolute atomic E-state index is 11.4. The van der Waals surface area contributed by atoms with Crippen molar-refractivity contribution in [2.75, 3.05) is 13.7 Å². The number of hydrogen-bond donors (Lipinski definition) is 1. The highest BCUT2D eigenvalue weighted by Crippen LogP contribution is 2.13. The number of para-hydroxylation sites is 1. The minimum atomic E-state index is -0.440. The highest BCUT2D eigenvalue weighted by Gasteiger charge is 2.16. The minimum Gasteiger partial charge on any atom is -0.494 e. The summed E-state index contributed by atoms with van der Waals surface area (Å²) in [6.07, 6.45) is 8.38. The number of carbonyl (C=O) groups is 1. The Hall–Kier alpha value is -2.04. The standard InChI is InChI=1S/C18H27NO4/c1-22-18(20)16(15-19-21)11-7-4-2-3-5-10-14-23-17-12-8-6-9-13-17/h6,8-9,12-13,15-16,21H,2-5,7,10-11,14H2,1H3/b19-15-. The average molecular weight is 321 g/mol. The molecule has 1 atom stereocenters. The molecule has 1 N–H and O–H groups in total. The maximum atomic E-state index is 11.4. The van der Waals surface area contributed by atoms with E-state index in [1.165, 1.54) is 13.3 Å². The van der Waals surface area contributed by atoms with Crippen molar-refractivity contribution in [1.29, 1.82) is 0 Å². The van der Waals surface area contributed by atoms with Crippen molar-refractivity contribution in [2.45, 2.75) is 44.9 Å². The average Bonchev–Trinajstić information content (AvgIpc) is 2.59. The summed E-state index contributed by atoms with van der Waals surface area (Å²) in [5.41, 5.74) is 0. The Morgan fingerprint density at radius 3 is 2.43 bits per heavy atom. The Kier molecular flexibility index (Phi) is 10.3. The number of unbranched alkanes of at least 4 members (excludes halogenated alkanes) is 5. The molecule has 5 heteroatoms. The van der Waals surface area contributed by atoms with Crippen LogP contribution in [0.2, 0.25) is 0 Å². The van der Waals surface area contributed by atoms with Gasteiger partial charge >= 0.3 is 5.97 Å². The van der Waals surface area contributed by atoms with E-state index >= 15 is 0 Å². The summed E-state index contributed by atoms with van der Waals surface area (Å²) < 4.78 is 10.3. The van der Waals surface area contributed by atoms with Crippen molar-refractivity contribution >= 4 is 12.2 Å². The number of esters is 1. The number of nitrogens with zero attached hydrogens (tertiary/aromatic N) is 1. The van der Waals surface area contributed by atoms with Crippen molar-refractivity contribution in [3.63, 3.8) is 0 Å². The first kappa shape index (κ1) is 19.0. The molecule has 1 unspecified atom stereocenters. The second kappa shape index (κ2) is 12.5. The molecule has 0 saturated carbocycles. The summed E-state index contributed by atoms with van der Waals surface area (Å²) in [5.74, 6) is 0.136. The van der Waals surface area contributed by atoms with Crippen molar-refractivity contribution in [2.24, 2.45) is 11.1 Å². The molecule has 0 bridgehead atoms. The number of benzene rings is 1. The van der Waals surface area contributed by atoms with Crippen molar-refractivity contribution in [3.05, 3.63) is 30.3 Å². The van der Waals surface area contributed by atoms with Gasteiger partial charge in [-0.05, 0) is 25.0 Å². The van der Waals surface area contributed by atoms with Gasteiger partial charge < -0.3 is 14.7 Å². The topological polar surface area (TPSA) is 68.1 Å². The molecule has 128 valence electrons. The predicted octanol–water partition coefficient (Wildman–Crippen LogP) is 4.05. The van der Waals surface area contributed by atoms with E-state index in [1.54, 1.807) is 0 Å².